The summed E-state index contributed by atoms with van der Waals surface area (Å²) in [5.41, 5.74) is 0.845. The van der Waals surface area contributed by atoms with E-state index < -0.39 is 0 Å². The molecule has 1 aromatic heterocycles. The number of fused-ring (bicyclic) bond motifs is 1. The first-order valence-electron chi connectivity index (χ1n) is 6.25. The van der Waals surface area contributed by atoms with E-state index in [-0.39, 0.29) is 24.2 Å². The van der Waals surface area contributed by atoms with Crippen molar-refractivity contribution in [3.8, 4) is 5.75 Å². The number of amides is 1. The molecular formula is C13H13FN4O2. The minimum absolute atomic E-state index is 0.114. The van der Waals surface area contributed by atoms with Gasteiger partial charge >= 0.3 is 0 Å². The molecule has 6 nitrogen and oxygen atoms in total. The van der Waals surface area contributed by atoms with Crippen molar-refractivity contribution in [2.75, 3.05) is 6.61 Å². The Labute approximate surface area is 114 Å². The van der Waals surface area contributed by atoms with E-state index in [1.807, 2.05) is 0 Å². The first kappa shape index (κ1) is 12.6. The van der Waals surface area contributed by atoms with Gasteiger partial charge in [0.05, 0.1) is 12.5 Å². The Balaban J connectivity index is 1.61. The topological polar surface area (TPSA) is 79.9 Å². The molecule has 1 atom stereocenters. The van der Waals surface area contributed by atoms with Crippen LogP contribution in [0, 0.1) is 11.7 Å². The molecule has 0 bridgehead atoms. The lowest BCUT2D eigenvalue weighted by atomic mass is 9.96. The minimum atomic E-state index is -0.336. The third kappa shape index (κ3) is 2.61. The highest BCUT2D eigenvalue weighted by Crippen LogP contribution is 2.28. The zero-order chi connectivity index (χ0) is 13.9. The van der Waals surface area contributed by atoms with Crippen molar-refractivity contribution in [1.29, 1.82) is 0 Å². The highest BCUT2D eigenvalue weighted by atomic mass is 19.1. The predicted octanol–water partition coefficient (Wildman–Crippen LogP) is 0.811. The maximum absolute atomic E-state index is 13.1. The van der Waals surface area contributed by atoms with Crippen molar-refractivity contribution in [3.63, 3.8) is 0 Å². The Morgan fingerprint density at radius 1 is 1.55 bits per heavy atom. The zero-order valence-corrected chi connectivity index (χ0v) is 10.6. The van der Waals surface area contributed by atoms with Gasteiger partial charge < -0.3 is 10.1 Å². The third-order valence-electron chi connectivity index (χ3n) is 3.20. The summed E-state index contributed by atoms with van der Waals surface area (Å²) in [6.07, 6.45) is 1.92. The molecular weight excluding hydrogens is 263 g/mol. The Hall–Kier alpha value is -2.44. The van der Waals surface area contributed by atoms with Gasteiger partial charge in [0.2, 0.25) is 5.91 Å². The van der Waals surface area contributed by atoms with Crippen LogP contribution in [-0.4, -0.2) is 27.7 Å². The number of nitrogens with one attached hydrogen (secondary N) is 2. The predicted molar refractivity (Wildman–Crippen MR) is 67.3 cm³/mol. The van der Waals surface area contributed by atoms with Gasteiger partial charge in [-0.25, -0.2) is 9.37 Å². The summed E-state index contributed by atoms with van der Waals surface area (Å²) in [7, 11) is 0. The minimum Gasteiger partial charge on any atom is -0.492 e. The van der Waals surface area contributed by atoms with Gasteiger partial charge in [0.1, 0.15) is 30.3 Å². The van der Waals surface area contributed by atoms with Gasteiger partial charge in [0.15, 0.2) is 0 Å². The summed E-state index contributed by atoms with van der Waals surface area (Å²) in [6, 6.07) is 4.37. The average molecular weight is 276 g/mol. The van der Waals surface area contributed by atoms with E-state index in [0.29, 0.717) is 24.5 Å². The van der Waals surface area contributed by atoms with Crippen LogP contribution in [0.5, 0.6) is 5.75 Å². The van der Waals surface area contributed by atoms with E-state index in [2.05, 4.69) is 20.5 Å². The smallest absolute Gasteiger partial charge is 0.227 e. The second-order valence-electron chi connectivity index (χ2n) is 4.61. The van der Waals surface area contributed by atoms with Crippen LogP contribution >= 0.6 is 0 Å². The lowest BCUT2D eigenvalue weighted by molar-refractivity contribution is -0.126. The Bertz CT molecular complexity index is 615. The van der Waals surface area contributed by atoms with E-state index in [9.17, 15) is 9.18 Å². The van der Waals surface area contributed by atoms with Crippen LogP contribution in [0.2, 0.25) is 0 Å². The second-order valence-corrected chi connectivity index (χ2v) is 4.61. The molecule has 2 aromatic rings. The first-order valence-corrected chi connectivity index (χ1v) is 6.25. The number of hydrogen-bond donors (Lipinski definition) is 2. The Morgan fingerprint density at radius 3 is 3.25 bits per heavy atom. The quantitative estimate of drug-likeness (QED) is 0.869. The second kappa shape index (κ2) is 5.28. The fraction of sp³-hybridized carbons (Fsp3) is 0.308. The molecule has 1 aromatic carbocycles. The fourth-order valence-corrected chi connectivity index (χ4v) is 2.15. The molecule has 0 saturated carbocycles. The molecule has 2 heterocycles. The van der Waals surface area contributed by atoms with Crippen molar-refractivity contribution in [1.82, 2.24) is 20.5 Å². The SMILES string of the molecule is O=C(NCc1ncn[nH]1)C1COc2cc(F)ccc2C1. The lowest BCUT2D eigenvalue weighted by Crippen LogP contribution is -2.37. The number of aromatic nitrogens is 3. The van der Waals surface area contributed by atoms with Gasteiger partial charge in [0.25, 0.3) is 0 Å². The number of halogens is 1. The molecule has 20 heavy (non-hydrogen) atoms. The average Bonchev–Trinajstić information content (AvgIpc) is 2.97. The highest BCUT2D eigenvalue weighted by Gasteiger charge is 2.26. The standard InChI is InChI=1S/C13H13FN4O2/c14-10-2-1-8-3-9(6-20-11(8)4-10)13(19)15-5-12-16-7-17-18-12/h1-2,4,7,9H,3,5-6H2,(H,15,19)(H,16,17,18). The Morgan fingerprint density at radius 2 is 2.45 bits per heavy atom. The van der Waals surface area contributed by atoms with E-state index in [4.69, 9.17) is 4.74 Å². The maximum Gasteiger partial charge on any atom is 0.227 e. The number of nitrogens with zero attached hydrogens (tertiary/aromatic N) is 2. The number of benzene rings is 1. The van der Waals surface area contributed by atoms with Crippen LogP contribution in [0.3, 0.4) is 0 Å². The van der Waals surface area contributed by atoms with Gasteiger partial charge in [-0.2, -0.15) is 5.10 Å². The summed E-state index contributed by atoms with van der Waals surface area (Å²) in [5, 5.41) is 9.14. The summed E-state index contributed by atoms with van der Waals surface area (Å²) in [6.45, 7) is 0.546. The van der Waals surface area contributed by atoms with E-state index in [1.54, 1.807) is 6.07 Å². The normalized spacial score (nSPS) is 17.1. The van der Waals surface area contributed by atoms with E-state index >= 15 is 0 Å². The monoisotopic (exact) mass is 276 g/mol. The first-order chi connectivity index (χ1) is 9.72. The molecule has 0 spiro atoms. The summed E-state index contributed by atoms with van der Waals surface area (Å²) in [5.74, 6) is 0.381. The molecule has 1 aliphatic rings. The van der Waals surface area contributed by atoms with E-state index in [0.717, 1.165) is 5.56 Å². The molecule has 7 heteroatoms. The summed E-state index contributed by atoms with van der Waals surface area (Å²) < 4.78 is 18.5. The van der Waals surface area contributed by atoms with Gasteiger partial charge in [0, 0.05) is 6.07 Å². The van der Waals surface area contributed by atoms with Crippen LogP contribution in [-0.2, 0) is 17.8 Å². The maximum atomic E-state index is 13.1. The van der Waals surface area contributed by atoms with Crippen LogP contribution < -0.4 is 10.1 Å². The number of hydrogen-bond acceptors (Lipinski definition) is 4. The molecule has 0 fully saturated rings. The van der Waals surface area contributed by atoms with Crippen LogP contribution in [0.25, 0.3) is 0 Å². The van der Waals surface area contributed by atoms with Crippen LogP contribution in [0.1, 0.15) is 11.4 Å². The summed E-state index contributed by atoms with van der Waals surface area (Å²) >= 11 is 0. The number of ether oxygens (including phenoxy) is 1. The molecule has 1 aliphatic heterocycles. The molecule has 1 amide bonds. The third-order valence-corrected chi connectivity index (χ3v) is 3.20. The van der Waals surface area contributed by atoms with E-state index in [1.165, 1.54) is 18.5 Å². The number of rotatable bonds is 3. The zero-order valence-electron chi connectivity index (χ0n) is 10.6. The van der Waals surface area contributed by atoms with Gasteiger partial charge in [-0.1, -0.05) is 6.07 Å². The number of H-pyrrole nitrogens is 1. The largest absolute Gasteiger partial charge is 0.492 e. The number of carbonyl (C=O) groups excluding carboxylic acids is 1. The Kier molecular flexibility index (Phi) is 3.32. The number of carbonyl (C=O) groups is 1. The molecule has 1 unspecified atom stereocenters. The highest BCUT2D eigenvalue weighted by molar-refractivity contribution is 5.79. The van der Waals surface area contributed by atoms with Crippen LogP contribution in [0.15, 0.2) is 24.5 Å². The van der Waals surface area contributed by atoms with Crippen molar-refractivity contribution in [2.45, 2.75) is 13.0 Å². The molecule has 2 N–H and O–H groups in total. The lowest BCUT2D eigenvalue weighted by Gasteiger charge is -2.24. The van der Waals surface area contributed by atoms with Crippen molar-refractivity contribution in [3.05, 3.63) is 41.7 Å². The summed E-state index contributed by atoms with van der Waals surface area (Å²) in [4.78, 5) is 16.0. The van der Waals surface area contributed by atoms with Crippen molar-refractivity contribution in [2.24, 2.45) is 5.92 Å². The molecule has 0 radical (unpaired) electrons. The van der Waals surface area contributed by atoms with Gasteiger partial charge in [-0.3, -0.25) is 9.89 Å². The molecule has 0 saturated heterocycles. The molecule has 0 aliphatic carbocycles. The van der Waals surface area contributed by atoms with Gasteiger partial charge in [-0.05, 0) is 18.1 Å². The number of aromatic amines is 1. The molecule has 3 rings (SSSR count). The molecule has 104 valence electrons. The van der Waals surface area contributed by atoms with Crippen LogP contribution in [0.4, 0.5) is 4.39 Å². The van der Waals surface area contributed by atoms with Crippen molar-refractivity contribution < 1.29 is 13.9 Å². The fourth-order valence-electron chi connectivity index (χ4n) is 2.15. The van der Waals surface area contributed by atoms with Gasteiger partial charge in [-0.15, -0.1) is 0 Å². The van der Waals surface area contributed by atoms with Crippen molar-refractivity contribution >= 4 is 5.91 Å².